The molecule has 0 aliphatic carbocycles. The van der Waals surface area contributed by atoms with E-state index in [1.807, 2.05) is 11.0 Å². The van der Waals surface area contributed by atoms with Gasteiger partial charge in [-0.15, -0.1) is 11.3 Å². The third-order valence-electron chi connectivity index (χ3n) is 3.73. The Balaban J connectivity index is 1.97. The molecular weight excluding hydrogens is 388 g/mol. The minimum absolute atomic E-state index is 0.274. The van der Waals surface area contributed by atoms with Crippen molar-refractivity contribution in [2.45, 2.75) is 19.7 Å². The molecule has 0 radical (unpaired) electrons. The first-order valence-corrected chi connectivity index (χ1v) is 9.72. The van der Waals surface area contributed by atoms with Gasteiger partial charge in [-0.25, -0.2) is 9.19 Å². The fourth-order valence-corrected chi connectivity index (χ4v) is 3.72. The highest BCUT2D eigenvalue weighted by Gasteiger charge is 2.22. The number of hydrogen-bond donors (Lipinski definition) is 3. The van der Waals surface area contributed by atoms with Crippen LogP contribution in [0.3, 0.4) is 0 Å². The van der Waals surface area contributed by atoms with Gasteiger partial charge in [-0.3, -0.25) is 4.55 Å². The van der Waals surface area contributed by atoms with E-state index >= 15 is 0 Å². The van der Waals surface area contributed by atoms with Crippen LogP contribution >= 0.6 is 11.3 Å². The molecule has 2 unspecified atom stereocenters. The number of nitrogens with one attached hydrogen (secondary N) is 1. The molecule has 3 aromatic rings. The first-order valence-electron chi connectivity index (χ1n) is 7.80. The highest BCUT2D eigenvalue weighted by Crippen LogP contribution is 2.34. The van der Waals surface area contributed by atoms with Crippen LogP contribution in [0.4, 0.5) is 10.8 Å². The number of furan rings is 1. The topological polar surface area (TPSA) is 123 Å². The Kier molecular flexibility index (Phi) is 6.00. The maximum Gasteiger partial charge on any atom is 0.234 e. The number of nitriles is 1. The van der Waals surface area contributed by atoms with Gasteiger partial charge in [-0.2, -0.15) is 9.98 Å². The van der Waals surface area contributed by atoms with E-state index < -0.39 is 17.5 Å². The first kappa shape index (κ1) is 19.2. The number of aliphatic hydroxyl groups is 1. The lowest BCUT2D eigenvalue weighted by molar-refractivity contribution is 0.161. The summed E-state index contributed by atoms with van der Waals surface area (Å²) in [5, 5.41) is 19.6. The van der Waals surface area contributed by atoms with Crippen molar-refractivity contribution in [3.05, 3.63) is 64.6 Å². The number of aryl methyl sites for hydroxylation is 1. The monoisotopic (exact) mass is 404 g/mol. The minimum Gasteiger partial charge on any atom is -0.467 e. The Morgan fingerprint density at radius 1 is 1.41 bits per heavy atom. The molecule has 8 nitrogen and oxygen atoms in total. The molecule has 3 rings (SSSR count). The van der Waals surface area contributed by atoms with Crippen molar-refractivity contribution in [2.75, 3.05) is 4.90 Å². The smallest absolute Gasteiger partial charge is 0.234 e. The third-order valence-corrected chi connectivity index (χ3v) is 5.16. The fourth-order valence-electron chi connectivity index (χ4n) is 2.46. The van der Waals surface area contributed by atoms with Crippen LogP contribution < -0.4 is 9.62 Å². The lowest BCUT2D eigenvalue weighted by Gasteiger charge is -2.21. The summed E-state index contributed by atoms with van der Waals surface area (Å²) in [5.74, 6) is 0.712. The van der Waals surface area contributed by atoms with E-state index in [0.29, 0.717) is 27.9 Å². The fraction of sp³-hybridized carbons (Fsp3) is 0.176. The molecule has 140 valence electrons. The summed E-state index contributed by atoms with van der Waals surface area (Å²) in [6, 6.07) is 12.7. The second-order valence-corrected chi connectivity index (χ2v) is 7.45. The van der Waals surface area contributed by atoms with Crippen LogP contribution in [0.25, 0.3) is 0 Å². The van der Waals surface area contributed by atoms with E-state index in [9.17, 15) is 9.32 Å². The Morgan fingerprint density at radius 2 is 2.15 bits per heavy atom. The summed E-state index contributed by atoms with van der Waals surface area (Å²) >= 11 is -1.03. The molecule has 1 aromatic carbocycles. The summed E-state index contributed by atoms with van der Waals surface area (Å²) < 4.78 is 27.4. The van der Waals surface area contributed by atoms with Crippen LogP contribution in [0.1, 0.15) is 28.1 Å². The molecule has 0 saturated heterocycles. The summed E-state index contributed by atoms with van der Waals surface area (Å²) in [6.45, 7) is 2.16. The molecule has 2 heterocycles. The van der Waals surface area contributed by atoms with Crippen LogP contribution in [-0.4, -0.2) is 18.9 Å². The number of hydrogen-bond acceptors (Lipinski definition) is 7. The largest absolute Gasteiger partial charge is 0.467 e. The van der Waals surface area contributed by atoms with Gasteiger partial charge in [0.1, 0.15) is 11.5 Å². The second-order valence-electron chi connectivity index (χ2n) is 5.53. The average molecular weight is 404 g/mol. The van der Waals surface area contributed by atoms with Crippen LogP contribution in [0.2, 0.25) is 0 Å². The van der Waals surface area contributed by atoms with Gasteiger partial charge < -0.3 is 14.4 Å². The summed E-state index contributed by atoms with van der Waals surface area (Å²) in [5.41, 5.74) is 1.60. The molecule has 0 saturated carbocycles. The SMILES string of the molecule is Cc1sc(N(Cc2ccco2)c2ccc(C#N)cc2)nc1C(O)NS(=O)O. The lowest BCUT2D eigenvalue weighted by Crippen LogP contribution is -2.23. The quantitative estimate of drug-likeness (QED) is 0.409. The van der Waals surface area contributed by atoms with Crippen molar-refractivity contribution in [2.24, 2.45) is 0 Å². The van der Waals surface area contributed by atoms with Gasteiger partial charge >= 0.3 is 0 Å². The lowest BCUT2D eigenvalue weighted by atomic mass is 10.2. The van der Waals surface area contributed by atoms with E-state index in [4.69, 9.17) is 14.2 Å². The zero-order chi connectivity index (χ0) is 19.4. The molecule has 2 atom stereocenters. The molecule has 0 bridgehead atoms. The summed E-state index contributed by atoms with van der Waals surface area (Å²) in [7, 11) is 0. The Hall–Kier alpha value is -2.55. The minimum atomic E-state index is -2.37. The van der Waals surface area contributed by atoms with E-state index in [1.54, 1.807) is 43.5 Å². The predicted molar refractivity (Wildman–Crippen MR) is 101 cm³/mol. The Bertz CT molecular complexity index is 964. The van der Waals surface area contributed by atoms with Crippen molar-refractivity contribution < 1.29 is 18.3 Å². The number of rotatable bonds is 7. The standard InChI is InChI=1S/C17H16N4O4S2/c1-11-15(16(22)20-27(23)24)19-17(26-11)21(10-14-3-2-8-25-14)13-6-4-12(9-18)5-7-13/h2-8,16,20,22H,10H2,1H3,(H,23,24). The molecular formula is C17H16N4O4S2. The Morgan fingerprint density at radius 3 is 2.74 bits per heavy atom. The van der Waals surface area contributed by atoms with Crippen molar-refractivity contribution in [1.82, 2.24) is 9.71 Å². The number of anilines is 2. The van der Waals surface area contributed by atoms with Crippen molar-refractivity contribution in [3.8, 4) is 6.07 Å². The van der Waals surface area contributed by atoms with Crippen LogP contribution in [0.15, 0.2) is 47.1 Å². The Labute approximate surface area is 162 Å². The second kappa shape index (κ2) is 8.43. The van der Waals surface area contributed by atoms with Gasteiger partial charge in [0.15, 0.2) is 11.4 Å². The van der Waals surface area contributed by atoms with Crippen LogP contribution in [-0.2, 0) is 17.8 Å². The van der Waals surface area contributed by atoms with Crippen molar-refractivity contribution in [1.29, 1.82) is 5.26 Å². The van der Waals surface area contributed by atoms with Gasteiger partial charge in [0.05, 0.1) is 24.4 Å². The molecule has 0 aliphatic heterocycles. The van der Waals surface area contributed by atoms with Crippen molar-refractivity contribution in [3.63, 3.8) is 0 Å². The average Bonchev–Trinajstić information content (AvgIpc) is 3.28. The molecule has 10 heteroatoms. The zero-order valence-electron chi connectivity index (χ0n) is 14.2. The highest BCUT2D eigenvalue weighted by atomic mass is 32.2. The maximum atomic E-state index is 10.9. The molecule has 27 heavy (non-hydrogen) atoms. The molecule has 0 fully saturated rings. The normalized spacial score (nSPS) is 13.1. The molecule has 0 amide bonds. The molecule has 0 spiro atoms. The number of thiazole rings is 1. The number of aliphatic hydroxyl groups excluding tert-OH is 1. The summed E-state index contributed by atoms with van der Waals surface area (Å²) in [4.78, 5) is 7.02. The van der Waals surface area contributed by atoms with Crippen LogP contribution in [0, 0.1) is 18.3 Å². The molecule has 0 aliphatic rings. The molecule has 3 N–H and O–H groups in total. The zero-order valence-corrected chi connectivity index (χ0v) is 15.8. The van der Waals surface area contributed by atoms with Crippen molar-refractivity contribution >= 4 is 33.4 Å². The van der Waals surface area contributed by atoms with E-state index in [1.165, 1.54) is 11.3 Å². The van der Waals surface area contributed by atoms with Gasteiger partial charge in [0, 0.05) is 10.6 Å². The third kappa shape index (κ3) is 4.60. The van der Waals surface area contributed by atoms with E-state index in [2.05, 4.69) is 15.8 Å². The predicted octanol–water partition coefficient (Wildman–Crippen LogP) is 2.97. The summed E-state index contributed by atoms with van der Waals surface area (Å²) in [6.07, 6.45) is 0.210. The highest BCUT2D eigenvalue weighted by molar-refractivity contribution is 7.77. The van der Waals surface area contributed by atoms with Gasteiger partial charge in [0.2, 0.25) is 11.3 Å². The van der Waals surface area contributed by atoms with Crippen LogP contribution in [0.5, 0.6) is 0 Å². The van der Waals surface area contributed by atoms with Gasteiger partial charge in [-0.05, 0) is 43.3 Å². The number of benzene rings is 1. The van der Waals surface area contributed by atoms with E-state index in [-0.39, 0.29) is 5.69 Å². The maximum absolute atomic E-state index is 10.9. The number of nitrogens with zero attached hydrogens (tertiary/aromatic N) is 3. The van der Waals surface area contributed by atoms with Gasteiger partial charge in [0.25, 0.3) is 0 Å². The first-order chi connectivity index (χ1) is 13.0. The van der Waals surface area contributed by atoms with E-state index in [0.717, 1.165) is 5.69 Å². The molecule has 2 aromatic heterocycles. The van der Waals surface area contributed by atoms with Gasteiger partial charge in [-0.1, -0.05) is 0 Å². The number of aromatic nitrogens is 1.